The van der Waals surface area contributed by atoms with Gasteiger partial charge < -0.3 is 25.4 Å². The van der Waals surface area contributed by atoms with Gasteiger partial charge >= 0.3 is 0 Å². The summed E-state index contributed by atoms with van der Waals surface area (Å²) >= 11 is 1.67. The van der Waals surface area contributed by atoms with Gasteiger partial charge in [0, 0.05) is 38.0 Å². The van der Waals surface area contributed by atoms with Gasteiger partial charge in [-0.15, -0.1) is 11.8 Å². The molecule has 208 valence electrons. The van der Waals surface area contributed by atoms with Crippen LogP contribution in [0, 0.1) is 17.8 Å². The highest BCUT2D eigenvalue weighted by Gasteiger charge is 2.76. The number of ether oxygens (including phenoxy) is 1. The Morgan fingerprint density at radius 3 is 2.61 bits per heavy atom. The Labute approximate surface area is 229 Å². The van der Waals surface area contributed by atoms with Crippen LogP contribution in [0.15, 0.2) is 30.3 Å². The number of thioether (sulfide) groups is 1. The highest BCUT2D eigenvalue weighted by Crippen LogP contribution is 2.68. The minimum Gasteiger partial charge on any atom is -0.394 e. The van der Waals surface area contributed by atoms with Crippen LogP contribution in [0.25, 0.3) is 0 Å². The quantitative estimate of drug-likeness (QED) is 0.401. The summed E-state index contributed by atoms with van der Waals surface area (Å²) in [6.45, 7) is 8.50. The van der Waals surface area contributed by atoms with Crippen LogP contribution < -0.4 is 10.6 Å². The molecule has 2 bridgehead atoms. The summed E-state index contributed by atoms with van der Waals surface area (Å²) in [6, 6.07) is 8.57. The highest BCUT2D eigenvalue weighted by atomic mass is 32.2. The van der Waals surface area contributed by atoms with E-state index in [1.54, 1.807) is 16.7 Å². The third kappa shape index (κ3) is 4.74. The lowest BCUT2D eigenvalue weighted by Gasteiger charge is -2.40. The summed E-state index contributed by atoms with van der Waals surface area (Å²) in [7, 11) is 0. The Hall–Kier alpha value is -2.14. The lowest BCUT2D eigenvalue weighted by Crippen LogP contribution is -2.59. The predicted octanol–water partition coefficient (Wildman–Crippen LogP) is 0.859. The van der Waals surface area contributed by atoms with Crippen molar-refractivity contribution in [2.45, 2.75) is 55.3 Å². The molecule has 3 amide bonds. The molecule has 9 nitrogen and oxygen atoms in total. The summed E-state index contributed by atoms with van der Waals surface area (Å²) < 4.78 is 4.74. The number of nitrogens with one attached hydrogen (secondary N) is 2. The second kappa shape index (κ2) is 11.5. The molecule has 3 N–H and O–H groups in total. The summed E-state index contributed by atoms with van der Waals surface area (Å²) in [5.74, 6) is -1.43. The van der Waals surface area contributed by atoms with Gasteiger partial charge in [0.05, 0.1) is 42.4 Å². The largest absolute Gasteiger partial charge is 0.394 e. The van der Waals surface area contributed by atoms with E-state index in [0.29, 0.717) is 32.7 Å². The fraction of sp³-hybridized carbons (Fsp3) is 0.679. The first-order valence-electron chi connectivity index (χ1n) is 13.9. The van der Waals surface area contributed by atoms with Crippen molar-refractivity contribution in [3.8, 4) is 0 Å². The number of hydrogen-bond donors (Lipinski definition) is 3. The number of amides is 3. The Morgan fingerprint density at radius 1 is 1.18 bits per heavy atom. The second-order valence-electron chi connectivity index (χ2n) is 11.0. The Morgan fingerprint density at radius 2 is 1.92 bits per heavy atom. The molecule has 3 unspecified atom stereocenters. The van der Waals surface area contributed by atoms with Gasteiger partial charge in [-0.1, -0.05) is 44.2 Å². The molecule has 5 rings (SSSR count). The van der Waals surface area contributed by atoms with Gasteiger partial charge in [-0.05, 0) is 24.3 Å². The normalized spacial score (nSPS) is 33.3. The number of nitrogens with zero attached hydrogens (tertiary/aromatic N) is 2. The van der Waals surface area contributed by atoms with Crippen LogP contribution in [-0.4, -0.2) is 101 Å². The maximum atomic E-state index is 14.1. The van der Waals surface area contributed by atoms with E-state index in [2.05, 4.69) is 22.5 Å². The minimum absolute atomic E-state index is 0.00488. The molecule has 10 heteroatoms. The van der Waals surface area contributed by atoms with Crippen LogP contribution in [0.1, 0.15) is 32.3 Å². The average Bonchev–Trinajstić information content (AvgIpc) is 3.53. The zero-order valence-electron chi connectivity index (χ0n) is 22.3. The molecule has 0 aliphatic carbocycles. The zero-order chi connectivity index (χ0) is 26.9. The van der Waals surface area contributed by atoms with Crippen LogP contribution in [-0.2, 0) is 25.7 Å². The molecule has 0 radical (unpaired) electrons. The summed E-state index contributed by atoms with van der Waals surface area (Å²) in [4.78, 5) is 45.5. The Kier molecular flexibility index (Phi) is 8.33. The second-order valence-corrected chi connectivity index (χ2v) is 12.5. The number of aliphatic hydroxyl groups excluding tert-OH is 1. The van der Waals surface area contributed by atoms with Crippen LogP contribution in [0.4, 0.5) is 0 Å². The molecule has 4 fully saturated rings. The number of morpholine rings is 1. The summed E-state index contributed by atoms with van der Waals surface area (Å²) in [5, 5.41) is 16.4. The standard InChI is InChI=1S/C28H40N4O5S/c1-3-20(17-33)32-24(26(35)29-9-10-31-11-13-37-14-12-31)28-18(2)15-21(38-28)22(23(28)27(32)36)25(34)30-16-19-7-5-4-6-8-19/h4-8,18,20-24,33H,3,9-17H2,1-2H3,(H,29,35)(H,30,34)/t18?,20-,21-,22+,23-,24?,28?/m0/s1. The van der Waals surface area contributed by atoms with Crippen LogP contribution in [0.5, 0.6) is 0 Å². The average molecular weight is 545 g/mol. The van der Waals surface area contributed by atoms with Gasteiger partial charge in [-0.25, -0.2) is 0 Å². The van der Waals surface area contributed by atoms with E-state index in [1.165, 1.54) is 0 Å². The van der Waals surface area contributed by atoms with Gasteiger partial charge in [-0.3, -0.25) is 19.3 Å². The van der Waals surface area contributed by atoms with Crippen molar-refractivity contribution in [3.63, 3.8) is 0 Å². The van der Waals surface area contributed by atoms with E-state index in [9.17, 15) is 19.5 Å². The minimum atomic E-state index is -0.710. The third-order valence-corrected chi connectivity index (χ3v) is 11.0. The molecule has 4 aliphatic heterocycles. The number of carbonyl (C=O) groups excluding carboxylic acids is 3. The molecule has 4 saturated heterocycles. The molecule has 7 atom stereocenters. The number of carbonyl (C=O) groups is 3. The lowest BCUT2D eigenvalue weighted by molar-refractivity contribution is -0.142. The first-order chi connectivity index (χ1) is 18.4. The first-order valence-corrected chi connectivity index (χ1v) is 14.8. The van der Waals surface area contributed by atoms with E-state index in [1.807, 2.05) is 37.3 Å². The van der Waals surface area contributed by atoms with Crippen LogP contribution in [0.3, 0.4) is 0 Å². The lowest BCUT2D eigenvalue weighted by atomic mass is 9.66. The van der Waals surface area contributed by atoms with Crippen LogP contribution >= 0.6 is 11.8 Å². The summed E-state index contributed by atoms with van der Waals surface area (Å²) in [5.41, 5.74) is 1.00. The fourth-order valence-corrected chi connectivity index (χ4v) is 9.44. The van der Waals surface area contributed by atoms with Crippen molar-refractivity contribution in [2.75, 3.05) is 46.0 Å². The number of fused-ring (bicyclic) bond motifs is 1. The fourth-order valence-electron chi connectivity index (χ4n) is 7.03. The van der Waals surface area contributed by atoms with Crippen molar-refractivity contribution < 1.29 is 24.2 Å². The van der Waals surface area contributed by atoms with Crippen molar-refractivity contribution in [1.82, 2.24) is 20.4 Å². The third-order valence-electron chi connectivity index (χ3n) is 8.95. The van der Waals surface area contributed by atoms with Crippen LogP contribution in [0.2, 0.25) is 0 Å². The van der Waals surface area contributed by atoms with Gasteiger partial charge in [-0.2, -0.15) is 0 Å². The van der Waals surface area contributed by atoms with Gasteiger partial charge in [0.1, 0.15) is 6.04 Å². The van der Waals surface area contributed by atoms with E-state index < -0.39 is 28.7 Å². The molecule has 0 saturated carbocycles. The molecule has 4 aliphatic rings. The van der Waals surface area contributed by atoms with Crippen molar-refractivity contribution in [2.24, 2.45) is 17.8 Å². The van der Waals surface area contributed by atoms with E-state index in [4.69, 9.17) is 4.74 Å². The summed E-state index contributed by atoms with van der Waals surface area (Å²) in [6.07, 6.45) is 1.33. The van der Waals surface area contributed by atoms with E-state index in [-0.39, 0.29) is 35.5 Å². The smallest absolute Gasteiger partial charge is 0.244 e. The molecule has 1 aromatic rings. The van der Waals surface area contributed by atoms with Gasteiger partial charge in [0.15, 0.2) is 0 Å². The predicted molar refractivity (Wildman–Crippen MR) is 145 cm³/mol. The number of benzene rings is 1. The SMILES string of the molecule is CC[C@@H](CO)N1C(=O)[C@@H]2[C@H](C(=O)NCc3ccccc3)[C@@H]3CC(C)C2(S3)C1C(=O)NCCN1CCOCC1. The Bertz CT molecular complexity index is 1020. The molecule has 1 spiro atoms. The molecule has 38 heavy (non-hydrogen) atoms. The maximum Gasteiger partial charge on any atom is 0.244 e. The molecular weight excluding hydrogens is 504 g/mol. The van der Waals surface area contributed by atoms with Gasteiger partial charge in [0.2, 0.25) is 17.7 Å². The monoisotopic (exact) mass is 544 g/mol. The van der Waals surface area contributed by atoms with Crippen molar-refractivity contribution in [1.29, 1.82) is 0 Å². The van der Waals surface area contributed by atoms with Crippen molar-refractivity contribution in [3.05, 3.63) is 35.9 Å². The van der Waals surface area contributed by atoms with Gasteiger partial charge in [0.25, 0.3) is 0 Å². The number of likely N-dealkylation sites (tertiary alicyclic amines) is 1. The molecule has 0 aromatic heterocycles. The van der Waals surface area contributed by atoms with E-state index >= 15 is 0 Å². The highest BCUT2D eigenvalue weighted by molar-refractivity contribution is 8.02. The number of aliphatic hydroxyl groups is 1. The Balaban J connectivity index is 1.38. The van der Waals surface area contributed by atoms with Crippen molar-refractivity contribution >= 4 is 29.5 Å². The maximum absolute atomic E-state index is 14.1. The molecule has 1 aromatic carbocycles. The molecule has 4 heterocycles. The van der Waals surface area contributed by atoms with E-state index in [0.717, 1.165) is 31.6 Å². The zero-order valence-corrected chi connectivity index (χ0v) is 23.1. The first kappa shape index (κ1) is 27.4. The number of hydrogen-bond acceptors (Lipinski definition) is 7. The number of rotatable bonds is 10. The molecular formula is C28H40N4O5S. The topological polar surface area (TPSA) is 111 Å².